The van der Waals surface area contributed by atoms with Gasteiger partial charge < -0.3 is 43.4 Å². The molecule has 14 heteroatoms. The van der Waals surface area contributed by atoms with Crippen LogP contribution in [0.2, 0.25) is 0 Å². The van der Waals surface area contributed by atoms with Gasteiger partial charge in [-0.05, 0) is 106 Å². The number of pyridine rings is 2. The second-order valence-electron chi connectivity index (χ2n) is 15.7. The Morgan fingerprint density at radius 1 is 0.733 bits per heavy atom. The number of carbonyl (C=O) groups is 2. The minimum absolute atomic E-state index is 0.0552. The van der Waals surface area contributed by atoms with E-state index in [-0.39, 0.29) is 11.9 Å². The van der Waals surface area contributed by atoms with Crippen LogP contribution in [-0.2, 0) is 22.6 Å². The van der Waals surface area contributed by atoms with E-state index in [9.17, 15) is 9.59 Å². The standard InChI is InChI=1S/C46H61N5O9/c1-46(2,3)60-45(53)49-17-12-10-11-13-42(52)51(30-32-21-35(28-47-27-32)33-23-38(54-4)43(58-8)39(24-33)55-5)36-15-19-50(20-16-36)29-31-14-18-48-37(22-31)34-25-40(56-6)44(59-9)41(26-34)57-7/h14,18,21-28,36H,10-13,15-17,19-20,29-30H2,1-9H3,(H,49,53). The molecule has 5 rings (SSSR count). The predicted molar refractivity (Wildman–Crippen MR) is 230 cm³/mol. The molecular weight excluding hydrogens is 767 g/mol. The maximum absolute atomic E-state index is 14.1. The molecule has 14 nitrogen and oxygen atoms in total. The smallest absolute Gasteiger partial charge is 0.407 e. The molecule has 0 saturated carbocycles. The van der Waals surface area contributed by atoms with Crippen LogP contribution in [0.3, 0.4) is 0 Å². The Morgan fingerprint density at radius 3 is 1.90 bits per heavy atom. The number of amides is 2. The Morgan fingerprint density at radius 2 is 1.33 bits per heavy atom. The summed E-state index contributed by atoms with van der Waals surface area (Å²) in [7, 11) is 9.55. The van der Waals surface area contributed by atoms with Crippen molar-refractivity contribution in [1.29, 1.82) is 0 Å². The van der Waals surface area contributed by atoms with E-state index in [1.54, 1.807) is 48.9 Å². The van der Waals surface area contributed by atoms with Gasteiger partial charge in [-0.15, -0.1) is 0 Å². The highest BCUT2D eigenvalue weighted by Gasteiger charge is 2.29. The van der Waals surface area contributed by atoms with Crippen LogP contribution in [0.4, 0.5) is 4.79 Å². The molecule has 1 saturated heterocycles. The van der Waals surface area contributed by atoms with Crippen LogP contribution in [0.5, 0.6) is 34.5 Å². The van der Waals surface area contributed by atoms with Gasteiger partial charge in [0.15, 0.2) is 23.0 Å². The summed E-state index contributed by atoms with van der Waals surface area (Å²) in [5.74, 6) is 3.39. The van der Waals surface area contributed by atoms with Gasteiger partial charge in [-0.2, -0.15) is 0 Å². The lowest BCUT2D eigenvalue weighted by atomic mass is 9.99. The minimum atomic E-state index is -0.551. The van der Waals surface area contributed by atoms with Crippen molar-refractivity contribution in [3.63, 3.8) is 0 Å². The van der Waals surface area contributed by atoms with E-state index in [1.165, 1.54) is 0 Å². The van der Waals surface area contributed by atoms with Crippen molar-refractivity contribution >= 4 is 12.0 Å². The largest absolute Gasteiger partial charge is 0.493 e. The minimum Gasteiger partial charge on any atom is -0.493 e. The summed E-state index contributed by atoms with van der Waals surface area (Å²) in [5.41, 5.74) is 4.91. The fourth-order valence-electron chi connectivity index (χ4n) is 7.43. The molecular formula is C46H61N5O9. The van der Waals surface area contributed by atoms with E-state index in [4.69, 9.17) is 33.2 Å². The summed E-state index contributed by atoms with van der Waals surface area (Å²) < 4.78 is 38.8. The predicted octanol–water partition coefficient (Wildman–Crippen LogP) is 7.94. The normalized spacial score (nSPS) is 13.3. The van der Waals surface area contributed by atoms with Crippen molar-refractivity contribution in [3.05, 3.63) is 72.2 Å². The van der Waals surface area contributed by atoms with E-state index in [0.29, 0.717) is 60.4 Å². The van der Waals surface area contributed by atoms with Gasteiger partial charge in [0.25, 0.3) is 0 Å². The van der Waals surface area contributed by atoms with E-state index < -0.39 is 11.7 Å². The van der Waals surface area contributed by atoms with Crippen LogP contribution in [0.25, 0.3) is 22.4 Å². The SMILES string of the molecule is COc1cc(-c2cncc(CN(C(=O)CCCCCNC(=O)OC(C)(C)C)C3CCN(Cc4ccnc(-c5cc(OC)c(OC)c(OC)c5)c4)CC3)c2)cc(OC)c1OC. The molecule has 2 aromatic heterocycles. The Bertz CT molecular complexity index is 1990. The van der Waals surface area contributed by atoms with Crippen molar-refractivity contribution in [2.45, 2.75) is 84.0 Å². The first kappa shape index (κ1) is 45.3. The number of hydrogen-bond acceptors (Lipinski definition) is 12. The van der Waals surface area contributed by atoms with Crippen LogP contribution in [-0.4, -0.2) is 106 Å². The molecule has 1 fully saturated rings. The van der Waals surface area contributed by atoms with Crippen molar-refractivity contribution in [2.24, 2.45) is 0 Å². The highest BCUT2D eigenvalue weighted by Crippen LogP contribution is 2.42. The summed E-state index contributed by atoms with van der Waals surface area (Å²) in [6, 6.07) is 13.9. The number of aromatic nitrogens is 2. The van der Waals surface area contributed by atoms with Crippen LogP contribution in [0, 0.1) is 0 Å². The number of alkyl carbamates (subject to hydrolysis) is 1. The van der Waals surface area contributed by atoms with E-state index in [1.807, 2.05) is 68.4 Å². The number of carbonyl (C=O) groups excluding carboxylic acids is 2. The molecule has 324 valence electrons. The third-order valence-corrected chi connectivity index (χ3v) is 10.4. The van der Waals surface area contributed by atoms with E-state index in [2.05, 4.69) is 32.3 Å². The number of benzene rings is 2. The summed E-state index contributed by atoms with van der Waals surface area (Å²) in [5, 5.41) is 2.81. The van der Waals surface area contributed by atoms with Crippen molar-refractivity contribution in [1.82, 2.24) is 25.1 Å². The molecule has 0 unspecified atom stereocenters. The first-order chi connectivity index (χ1) is 28.9. The molecule has 60 heavy (non-hydrogen) atoms. The number of nitrogens with one attached hydrogen (secondary N) is 1. The number of methoxy groups -OCH3 is 6. The number of likely N-dealkylation sites (tertiary alicyclic amines) is 1. The number of hydrogen-bond donors (Lipinski definition) is 1. The zero-order chi connectivity index (χ0) is 43.2. The molecule has 2 aromatic carbocycles. The average Bonchev–Trinajstić information content (AvgIpc) is 3.25. The second kappa shape index (κ2) is 21.5. The third-order valence-electron chi connectivity index (χ3n) is 10.4. The van der Waals surface area contributed by atoms with Gasteiger partial charge in [-0.3, -0.25) is 19.7 Å². The van der Waals surface area contributed by atoms with Gasteiger partial charge in [-0.1, -0.05) is 6.42 Å². The van der Waals surface area contributed by atoms with Crippen molar-refractivity contribution in [2.75, 3.05) is 62.3 Å². The first-order valence-electron chi connectivity index (χ1n) is 20.4. The molecule has 0 radical (unpaired) electrons. The second-order valence-corrected chi connectivity index (χ2v) is 15.7. The van der Waals surface area contributed by atoms with Crippen LogP contribution >= 0.6 is 0 Å². The molecule has 2 amide bonds. The van der Waals surface area contributed by atoms with Gasteiger partial charge >= 0.3 is 6.09 Å². The number of unbranched alkanes of at least 4 members (excludes halogenated alkanes) is 2. The van der Waals surface area contributed by atoms with Crippen LogP contribution in [0.1, 0.15) is 70.4 Å². The number of piperidine rings is 1. The summed E-state index contributed by atoms with van der Waals surface area (Å²) in [4.78, 5) is 39.9. The number of rotatable bonds is 19. The molecule has 0 atom stereocenters. The van der Waals surface area contributed by atoms with Crippen molar-refractivity contribution < 1.29 is 42.7 Å². The molecule has 1 N–H and O–H groups in total. The van der Waals surface area contributed by atoms with Crippen molar-refractivity contribution in [3.8, 4) is 56.9 Å². The highest BCUT2D eigenvalue weighted by molar-refractivity contribution is 5.77. The van der Waals surface area contributed by atoms with Crippen LogP contribution in [0.15, 0.2) is 61.1 Å². The third kappa shape index (κ3) is 12.2. The first-order valence-corrected chi connectivity index (χ1v) is 20.4. The Kier molecular flexibility index (Phi) is 16.2. The van der Waals surface area contributed by atoms with Gasteiger partial charge in [0.2, 0.25) is 17.4 Å². The van der Waals surface area contributed by atoms with Crippen LogP contribution < -0.4 is 33.7 Å². The topological polar surface area (TPSA) is 143 Å². The van der Waals surface area contributed by atoms with Gasteiger partial charge in [0.1, 0.15) is 5.60 Å². The van der Waals surface area contributed by atoms with Gasteiger partial charge in [0.05, 0.1) is 48.4 Å². The highest BCUT2D eigenvalue weighted by atomic mass is 16.6. The Hall–Kier alpha value is -5.76. The summed E-state index contributed by atoms with van der Waals surface area (Å²) >= 11 is 0. The molecule has 4 aromatic rings. The quantitative estimate of drug-likeness (QED) is 0.0917. The van der Waals surface area contributed by atoms with E-state index in [0.717, 1.165) is 78.8 Å². The number of nitrogens with zero attached hydrogens (tertiary/aromatic N) is 4. The molecule has 0 bridgehead atoms. The van der Waals surface area contributed by atoms with E-state index >= 15 is 0 Å². The molecule has 1 aliphatic heterocycles. The molecule has 1 aliphatic rings. The molecule has 0 spiro atoms. The number of ether oxygens (including phenoxy) is 7. The lowest BCUT2D eigenvalue weighted by Gasteiger charge is -2.39. The molecule has 0 aliphatic carbocycles. The monoisotopic (exact) mass is 827 g/mol. The van der Waals surface area contributed by atoms with Gasteiger partial charge in [0, 0.05) is 74.9 Å². The van der Waals surface area contributed by atoms with Gasteiger partial charge in [-0.25, -0.2) is 4.79 Å². The summed E-state index contributed by atoms with van der Waals surface area (Å²) in [6.07, 6.45) is 9.36. The lowest BCUT2D eigenvalue weighted by molar-refractivity contribution is -0.135. The Labute approximate surface area is 354 Å². The average molecular weight is 828 g/mol. The maximum atomic E-state index is 14.1. The maximum Gasteiger partial charge on any atom is 0.407 e. The lowest BCUT2D eigenvalue weighted by Crippen LogP contribution is -2.46. The molecule has 3 heterocycles. The fourth-order valence-corrected chi connectivity index (χ4v) is 7.43. The fraction of sp³-hybridized carbons (Fsp3) is 0.478. The zero-order valence-electron chi connectivity index (χ0n) is 36.6. The zero-order valence-corrected chi connectivity index (χ0v) is 36.6. The summed E-state index contributed by atoms with van der Waals surface area (Å²) in [6.45, 7) is 8.84. The Balaban J connectivity index is 1.28.